The normalized spacial score (nSPS) is 22.0. The van der Waals surface area contributed by atoms with E-state index in [2.05, 4.69) is 5.32 Å². The molecule has 0 bridgehead atoms. The van der Waals surface area contributed by atoms with Gasteiger partial charge in [0.05, 0.1) is 36.4 Å². The molecule has 0 amide bonds. The second-order valence-electron chi connectivity index (χ2n) is 6.14. The van der Waals surface area contributed by atoms with Gasteiger partial charge < -0.3 is 0 Å². The van der Waals surface area contributed by atoms with Crippen LogP contribution in [-0.2, 0) is 0 Å². The Morgan fingerprint density at radius 2 is 1.00 bits per heavy atom. The molecular weight excluding hydrogens is 381 g/mol. The minimum Gasteiger partial charge on any atom is -0.298 e. The Kier molecular flexibility index (Phi) is 4.80. The minimum absolute atomic E-state index is 0.328. The molecule has 0 aromatic heterocycles. The Hall–Kier alpha value is -3.06. The molecule has 5 nitrogen and oxygen atoms in total. The number of nitrogens with one attached hydrogen (secondary N) is 1. The van der Waals surface area contributed by atoms with Crippen molar-refractivity contribution in [2.45, 2.75) is 12.1 Å². The largest absolute Gasteiger partial charge is 0.298 e. The van der Waals surface area contributed by atoms with E-state index in [0.29, 0.717) is 21.2 Å². The first kappa shape index (κ1) is 18.7. The van der Waals surface area contributed by atoms with Crippen LogP contribution in [0.25, 0.3) is 0 Å². The van der Waals surface area contributed by atoms with E-state index in [4.69, 9.17) is 23.2 Å². The zero-order valence-electron chi connectivity index (χ0n) is 13.8. The van der Waals surface area contributed by atoms with Crippen molar-refractivity contribution in [1.82, 2.24) is 5.32 Å². The predicted octanol–water partition coefficient (Wildman–Crippen LogP) is 4.45. The molecule has 0 spiro atoms. The molecule has 130 valence electrons. The Bertz CT molecular complexity index is 954. The van der Waals surface area contributed by atoms with Crippen molar-refractivity contribution in [2.75, 3.05) is 0 Å². The van der Waals surface area contributed by atoms with Crippen LogP contribution in [0.15, 0.2) is 48.5 Å². The fourth-order valence-corrected chi connectivity index (χ4v) is 4.09. The Balaban J connectivity index is 2.34. The van der Waals surface area contributed by atoms with E-state index < -0.39 is 22.9 Å². The van der Waals surface area contributed by atoms with E-state index in [1.807, 2.05) is 24.3 Å². The van der Waals surface area contributed by atoms with Crippen LogP contribution in [0.4, 0.5) is 0 Å². The maximum Gasteiger partial charge on any atom is 0.196 e. The van der Waals surface area contributed by atoms with Crippen molar-refractivity contribution in [3.8, 4) is 24.3 Å². The van der Waals surface area contributed by atoms with E-state index in [0.717, 1.165) is 0 Å². The van der Waals surface area contributed by atoms with E-state index in [1.165, 1.54) is 0 Å². The highest BCUT2D eigenvalue weighted by atomic mass is 35.5. The summed E-state index contributed by atoms with van der Waals surface area (Å²) in [5.41, 5.74) is -3.06. The summed E-state index contributed by atoms with van der Waals surface area (Å²) in [6.45, 7) is 0. The van der Waals surface area contributed by atoms with Crippen LogP contribution >= 0.6 is 23.2 Å². The van der Waals surface area contributed by atoms with Crippen molar-refractivity contribution < 1.29 is 0 Å². The average Bonchev–Trinajstić information content (AvgIpc) is 2.99. The smallest absolute Gasteiger partial charge is 0.196 e. The van der Waals surface area contributed by atoms with Gasteiger partial charge in [0, 0.05) is 10.0 Å². The monoisotopic (exact) mass is 391 g/mol. The Labute approximate surface area is 166 Å². The summed E-state index contributed by atoms with van der Waals surface area (Å²) < 4.78 is 0. The van der Waals surface area contributed by atoms with Crippen LogP contribution in [0.3, 0.4) is 0 Å². The molecule has 2 atom stereocenters. The van der Waals surface area contributed by atoms with Crippen LogP contribution < -0.4 is 5.32 Å². The van der Waals surface area contributed by atoms with Gasteiger partial charge in [-0.1, -0.05) is 59.6 Å². The Morgan fingerprint density at radius 3 is 1.30 bits per heavy atom. The molecule has 3 rings (SSSR count). The number of rotatable bonds is 2. The van der Waals surface area contributed by atoms with Gasteiger partial charge in [0.1, 0.15) is 0 Å². The van der Waals surface area contributed by atoms with Gasteiger partial charge in [-0.25, -0.2) is 0 Å². The average molecular weight is 392 g/mol. The zero-order valence-corrected chi connectivity index (χ0v) is 15.3. The van der Waals surface area contributed by atoms with E-state index in [9.17, 15) is 21.0 Å². The second kappa shape index (κ2) is 6.92. The molecule has 2 aromatic rings. The first-order chi connectivity index (χ1) is 13.0. The molecule has 1 heterocycles. The maximum absolute atomic E-state index is 9.98. The zero-order chi connectivity index (χ0) is 19.7. The molecule has 0 aliphatic carbocycles. The summed E-state index contributed by atoms with van der Waals surface area (Å²) in [5, 5.41) is 43.7. The van der Waals surface area contributed by atoms with E-state index >= 15 is 0 Å². The van der Waals surface area contributed by atoms with Crippen LogP contribution in [0.1, 0.15) is 23.2 Å². The molecule has 1 N–H and O–H groups in total. The Morgan fingerprint density at radius 1 is 0.667 bits per heavy atom. The van der Waals surface area contributed by atoms with Crippen LogP contribution in [0.2, 0.25) is 10.0 Å². The van der Waals surface area contributed by atoms with E-state index in [-0.39, 0.29) is 0 Å². The fourth-order valence-electron chi connectivity index (χ4n) is 3.60. The van der Waals surface area contributed by atoms with Gasteiger partial charge in [-0.3, -0.25) is 5.32 Å². The summed E-state index contributed by atoms with van der Waals surface area (Å²) in [7, 11) is 0. The molecule has 1 aliphatic rings. The van der Waals surface area contributed by atoms with Gasteiger partial charge in [0.15, 0.2) is 10.8 Å². The van der Waals surface area contributed by atoms with Gasteiger partial charge in [-0.2, -0.15) is 21.0 Å². The molecule has 1 aliphatic heterocycles. The number of benzene rings is 2. The van der Waals surface area contributed by atoms with Crippen LogP contribution in [-0.4, -0.2) is 0 Å². The lowest BCUT2D eigenvalue weighted by molar-refractivity contribution is 0.311. The predicted molar refractivity (Wildman–Crippen MR) is 98.8 cm³/mol. The third-order valence-corrected chi connectivity index (χ3v) is 5.65. The van der Waals surface area contributed by atoms with Gasteiger partial charge in [-0.15, -0.1) is 0 Å². The van der Waals surface area contributed by atoms with Crippen LogP contribution in [0, 0.1) is 56.2 Å². The van der Waals surface area contributed by atoms with Crippen molar-refractivity contribution in [1.29, 1.82) is 21.0 Å². The third kappa shape index (κ3) is 2.46. The van der Waals surface area contributed by atoms with Gasteiger partial charge in [-0.05, 0) is 23.3 Å². The van der Waals surface area contributed by atoms with Crippen molar-refractivity contribution in [2.24, 2.45) is 10.8 Å². The molecule has 2 aromatic carbocycles. The lowest BCUT2D eigenvalue weighted by Gasteiger charge is -2.29. The van der Waals surface area contributed by atoms with Gasteiger partial charge in [0.25, 0.3) is 0 Å². The van der Waals surface area contributed by atoms with Gasteiger partial charge >= 0.3 is 0 Å². The molecular formula is C20H11Cl2N5. The first-order valence-corrected chi connectivity index (χ1v) is 8.67. The fraction of sp³-hybridized carbons (Fsp3) is 0.200. The summed E-state index contributed by atoms with van der Waals surface area (Å²) >= 11 is 12.6. The molecule has 0 saturated carbocycles. The molecule has 7 heteroatoms. The topological polar surface area (TPSA) is 107 Å². The first-order valence-electron chi connectivity index (χ1n) is 7.91. The maximum atomic E-state index is 9.98. The third-order valence-electron chi connectivity index (χ3n) is 4.96. The number of nitrogens with zero attached hydrogens (tertiary/aromatic N) is 4. The number of nitriles is 4. The van der Waals surface area contributed by atoms with Crippen molar-refractivity contribution in [3.05, 3.63) is 69.7 Å². The molecule has 27 heavy (non-hydrogen) atoms. The molecule has 0 radical (unpaired) electrons. The van der Waals surface area contributed by atoms with Gasteiger partial charge in [0.2, 0.25) is 0 Å². The minimum atomic E-state index is -1.99. The SMILES string of the molecule is N#CC1(C#N)[C@@H](c2ccccc2Cl)N[C@H](c2ccccc2Cl)C1(C#N)C#N. The highest BCUT2D eigenvalue weighted by Crippen LogP contribution is 2.61. The standard InChI is InChI=1S/C20H11Cl2N5/c21-15-7-3-1-5-13(15)17-19(9-23,10-24)20(11-25,12-26)18(27-17)14-6-2-4-8-16(14)22/h1-8,17-18,27H/t17-,18-/m1/s1. The summed E-state index contributed by atoms with van der Waals surface area (Å²) in [6, 6.07) is 19.3. The number of hydrogen-bond acceptors (Lipinski definition) is 5. The van der Waals surface area contributed by atoms with E-state index in [1.54, 1.807) is 48.5 Å². The summed E-state index contributed by atoms with van der Waals surface area (Å²) in [5.74, 6) is 0. The van der Waals surface area contributed by atoms with Crippen molar-refractivity contribution in [3.63, 3.8) is 0 Å². The molecule has 1 saturated heterocycles. The number of hydrogen-bond donors (Lipinski definition) is 1. The second-order valence-corrected chi connectivity index (χ2v) is 6.95. The highest BCUT2D eigenvalue weighted by Gasteiger charge is 2.69. The number of halogens is 2. The lowest BCUT2D eigenvalue weighted by Crippen LogP contribution is -2.39. The summed E-state index contributed by atoms with van der Waals surface area (Å²) in [4.78, 5) is 0. The summed E-state index contributed by atoms with van der Waals surface area (Å²) in [6.07, 6.45) is 0. The molecule has 0 unspecified atom stereocenters. The van der Waals surface area contributed by atoms with Crippen molar-refractivity contribution >= 4 is 23.2 Å². The highest BCUT2D eigenvalue weighted by molar-refractivity contribution is 6.31. The quantitative estimate of drug-likeness (QED) is 0.813. The lowest BCUT2D eigenvalue weighted by atomic mass is 9.61. The van der Waals surface area contributed by atoms with Crippen LogP contribution in [0.5, 0.6) is 0 Å². The molecule has 1 fully saturated rings.